The van der Waals surface area contributed by atoms with Crippen LogP contribution in [0.2, 0.25) is 0 Å². The first-order chi connectivity index (χ1) is 16.1. The lowest BCUT2D eigenvalue weighted by molar-refractivity contribution is -0.605. The number of hydrogen-bond donors (Lipinski definition) is 1. The second-order valence-electron chi connectivity index (χ2n) is 8.38. The molecule has 1 fully saturated rings. The van der Waals surface area contributed by atoms with Crippen LogP contribution in [0.4, 0.5) is 23.4 Å². The molecule has 0 unspecified atom stereocenters. The lowest BCUT2D eigenvalue weighted by Crippen LogP contribution is -2.52. The van der Waals surface area contributed by atoms with Crippen molar-refractivity contribution in [1.82, 2.24) is 14.5 Å². The number of likely N-dealkylation sites (tertiary alicyclic amines) is 1. The number of hydrogen-bond acceptors (Lipinski definition) is 4. The molecule has 0 aliphatic carbocycles. The molecule has 1 saturated heterocycles. The first kappa shape index (κ1) is 23.7. The molecule has 3 heterocycles. The van der Waals surface area contributed by atoms with Crippen molar-refractivity contribution in [2.75, 3.05) is 18.4 Å². The molecular formula is C23H23F4N5O2. The van der Waals surface area contributed by atoms with Crippen molar-refractivity contribution < 1.29 is 27.1 Å². The maximum atomic E-state index is 14.6. The number of rotatable bonds is 6. The van der Waals surface area contributed by atoms with Gasteiger partial charge in [0.25, 0.3) is 5.92 Å². The molecular weight excluding hydrogens is 454 g/mol. The average Bonchev–Trinajstić information content (AvgIpc) is 3.22. The van der Waals surface area contributed by atoms with Gasteiger partial charge in [-0.2, -0.15) is 4.73 Å². The number of alkyl halides is 2. The van der Waals surface area contributed by atoms with Crippen molar-refractivity contribution in [3.05, 3.63) is 83.2 Å². The highest BCUT2D eigenvalue weighted by Crippen LogP contribution is 2.40. The summed E-state index contributed by atoms with van der Waals surface area (Å²) in [5.41, 5.74) is 0.593. The van der Waals surface area contributed by atoms with E-state index in [2.05, 4.69) is 10.3 Å². The predicted octanol–water partition coefficient (Wildman–Crippen LogP) is 3.29. The molecule has 0 radical (unpaired) electrons. The van der Waals surface area contributed by atoms with Crippen LogP contribution < -0.4 is 10.0 Å². The fourth-order valence-electron chi connectivity index (χ4n) is 4.04. The molecule has 1 aliphatic heterocycles. The first-order valence-corrected chi connectivity index (χ1v) is 10.7. The van der Waals surface area contributed by atoms with Gasteiger partial charge in [0.15, 0.2) is 18.2 Å². The second kappa shape index (κ2) is 9.41. The van der Waals surface area contributed by atoms with E-state index in [9.17, 15) is 27.6 Å². The second-order valence-corrected chi connectivity index (χ2v) is 8.38. The molecule has 7 nitrogen and oxygen atoms in total. The van der Waals surface area contributed by atoms with Crippen molar-refractivity contribution in [3.63, 3.8) is 0 Å². The number of halogens is 4. The van der Waals surface area contributed by atoms with Gasteiger partial charge in [-0.05, 0) is 18.6 Å². The summed E-state index contributed by atoms with van der Waals surface area (Å²) in [4.78, 5) is 18.5. The van der Waals surface area contributed by atoms with Gasteiger partial charge in [-0.1, -0.05) is 6.07 Å². The highest BCUT2D eigenvalue weighted by atomic mass is 19.3. The number of nitrogens with one attached hydrogen (secondary N) is 1. The van der Waals surface area contributed by atoms with E-state index in [4.69, 9.17) is 0 Å². The van der Waals surface area contributed by atoms with Gasteiger partial charge in [-0.15, -0.1) is 0 Å². The van der Waals surface area contributed by atoms with E-state index >= 15 is 0 Å². The molecule has 4 rings (SSSR count). The third-order valence-electron chi connectivity index (χ3n) is 6.07. The fourth-order valence-corrected chi connectivity index (χ4v) is 4.04. The number of amides is 1. The molecule has 180 valence electrons. The zero-order valence-electron chi connectivity index (χ0n) is 18.3. The largest absolute Gasteiger partial charge is 0.619 e. The normalized spacial score (nSPS) is 19.0. The maximum Gasteiger partial charge on any atom is 0.257 e. The van der Waals surface area contributed by atoms with Gasteiger partial charge in [0.05, 0.1) is 24.8 Å². The SMILES string of the molecule is C[C@H](C(=O)Nc1cn(Cc2ccc(F)cc2F)cn1)N1CCC(F)(F)[C@H](c2cc[n+]([O-])cc2)C1. The molecule has 2 aromatic heterocycles. The Bertz CT molecular complexity index is 1170. The van der Waals surface area contributed by atoms with Crippen molar-refractivity contribution in [1.29, 1.82) is 0 Å². The van der Waals surface area contributed by atoms with E-state index in [-0.39, 0.29) is 31.0 Å². The number of aromatic nitrogens is 3. The van der Waals surface area contributed by atoms with E-state index in [1.807, 2.05) is 0 Å². The highest BCUT2D eigenvalue weighted by molar-refractivity contribution is 5.93. The van der Waals surface area contributed by atoms with Gasteiger partial charge in [0.2, 0.25) is 5.91 Å². The van der Waals surface area contributed by atoms with Gasteiger partial charge in [-0.3, -0.25) is 9.69 Å². The molecule has 1 N–H and O–H groups in total. The molecule has 0 saturated carbocycles. The van der Waals surface area contributed by atoms with E-state index in [0.29, 0.717) is 10.3 Å². The number of carbonyl (C=O) groups excluding carboxylic acids is 1. The van der Waals surface area contributed by atoms with Crippen LogP contribution >= 0.6 is 0 Å². The smallest absolute Gasteiger partial charge is 0.257 e. The fraction of sp³-hybridized carbons (Fsp3) is 0.348. The number of piperidine rings is 1. The highest BCUT2D eigenvalue weighted by Gasteiger charge is 2.46. The predicted molar refractivity (Wildman–Crippen MR) is 115 cm³/mol. The first-order valence-electron chi connectivity index (χ1n) is 10.7. The number of pyridine rings is 1. The minimum Gasteiger partial charge on any atom is -0.619 e. The quantitative estimate of drug-likeness (QED) is 0.336. The Morgan fingerprint density at radius 2 is 2.03 bits per heavy atom. The van der Waals surface area contributed by atoms with Crippen LogP contribution in [0.3, 0.4) is 0 Å². The topological polar surface area (TPSA) is 77.1 Å². The molecule has 1 amide bonds. The minimum atomic E-state index is -2.96. The monoisotopic (exact) mass is 477 g/mol. The Morgan fingerprint density at radius 3 is 2.74 bits per heavy atom. The molecule has 34 heavy (non-hydrogen) atoms. The number of benzene rings is 1. The molecule has 2 atom stereocenters. The van der Waals surface area contributed by atoms with Crippen molar-refractivity contribution in [3.8, 4) is 0 Å². The average molecular weight is 477 g/mol. The molecule has 0 bridgehead atoms. The van der Waals surface area contributed by atoms with Crippen LogP contribution in [-0.4, -0.2) is 45.4 Å². The van der Waals surface area contributed by atoms with Crippen LogP contribution in [0.25, 0.3) is 0 Å². The molecule has 1 aromatic carbocycles. The Hall–Kier alpha value is -3.47. The Labute approximate surface area is 193 Å². The van der Waals surface area contributed by atoms with Crippen LogP contribution in [0.1, 0.15) is 30.4 Å². The number of imidazole rings is 1. The van der Waals surface area contributed by atoms with Gasteiger partial charge in [0, 0.05) is 49.5 Å². The number of carbonyl (C=O) groups is 1. The summed E-state index contributed by atoms with van der Waals surface area (Å²) < 4.78 is 58.2. The Kier molecular flexibility index (Phi) is 6.56. The lowest BCUT2D eigenvalue weighted by atomic mass is 9.87. The van der Waals surface area contributed by atoms with Crippen molar-refractivity contribution in [2.45, 2.75) is 37.8 Å². The molecule has 1 aliphatic rings. The zero-order chi connectivity index (χ0) is 24.5. The van der Waals surface area contributed by atoms with E-state index < -0.39 is 41.8 Å². The van der Waals surface area contributed by atoms with Crippen LogP contribution in [0.15, 0.2) is 55.2 Å². The molecule has 3 aromatic rings. The molecule has 0 spiro atoms. The Morgan fingerprint density at radius 1 is 1.29 bits per heavy atom. The summed E-state index contributed by atoms with van der Waals surface area (Å²) in [5.74, 6) is -5.67. The lowest BCUT2D eigenvalue weighted by Gasteiger charge is -2.40. The zero-order valence-corrected chi connectivity index (χ0v) is 18.3. The third-order valence-corrected chi connectivity index (χ3v) is 6.07. The Balaban J connectivity index is 1.40. The van der Waals surface area contributed by atoms with Crippen molar-refractivity contribution in [2.24, 2.45) is 0 Å². The summed E-state index contributed by atoms with van der Waals surface area (Å²) >= 11 is 0. The van der Waals surface area contributed by atoms with Crippen LogP contribution in [0.5, 0.6) is 0 Å². The van der Waals surface area contributed by atoms with Gasteiger partial charge >= 0.3 is 0 Å². The standard InChI is InChI=1S/C23H23F4N5O2/c1-15(31-9-6-23(26,27)19(12-31)16-4-7-32(34)8-5-16)22(33)29-21-13-30(14-28-21)11-17-2-3-18(24)10-20(17)25/h2-5,7-8,10,13-15,19H,6,9,11-12H2,1H3,(H,29,33)/t15-,19+/m1/s1. The number of nitrogens with zero attached hydrogens (tertiary/aromatic N) is 4. The summed E-state index contributed by atoms with van der Waals surface area (Å²) in [5, 5.41) is 13.9. The van der Waals surface area contributed by atoms with Gasteiger partial charge in [-0.25, -0.2) is 22.5 Å². The van der Waals surface area contributed by atoms with Crippen molar-refractivity contribution >= 4 is 11.7 Å². The van der Waals surface area contributed by atoms with Gasteiger partial charge in [0.1, 0.15) is 11.6 Å². The van der Waals surface area contributed by atoms with E-state index in [0.717, 1.165) is 12.1 Å². The van der Waals surface area contributed by atoms with Gasteiger partial charge < -0.3 is 15.1 Å². The van der Waals surface area contributed by atoms with Crippen LogP contribution in [0, 0.1) is 16.8 Å². The summed E-state index contributed by atoms with van der Waals surface area (Å²) in [7, 11) is 0. The molecule has 11 heteroatoms. The summed E-state index contributed by atoms with van der Waals surface area (Å²) in [6, 6.07) is 5.30. The summed E-state index contributed by atoms with van der Waals surface area (Å²) in [6.07, 6.45) is 4.84. The summed E-state index contributed by atoms with van der Waals surface area (Å²) in [6.45, 7) is 1.69. The van der Waals surface area contributed by atoms with E-state index in [1.165, 1.54) is 47.7 Å². The third kappa shape index (κ3) is 5.19. The van der Waals surface area contributed by atoms with E-state index in [1.54, 1.807) is 11.8 Å². The minimum absolute atomic E-state index is 0.0325. The number of anilines is 1. The maximum absolute atomic E-state index is 14.6. The van der Waals surface area contributed by atoms with Crippen LogP contribution in [-0.2, 0) is 11.3 Å².